The minimum absolute atomic E-state index is 0.00935. The summed E-state index contributed by atoms with van der Waals surface area (Å²) in [6.07, 6.45) is -28.1. The topological polar surface area (TPSA) is 430 Å². The van der Waals surface area contributed by atoms with E-state index in [9.17, 15) is 86.2 Å². The highest BCUT2D eigenvalue weighted by atomic mass is 16.8. The van der Waals surface area contributed by atoms with Crippen LogP contribution < -0.4 is 0 Å². The summed E-state index contributed by atoms with van der Waals surface area (Å²) in [6.45, 7) is -2.09. The SMILES string of the molecule is COC1CC(C2OC3CC(O)CC(O[C@@H]4O[C@H](COC(=O)C=CC5CCC(O)C(O)C5)[C@@H](O)[C@H](O)[C@H]4O)C3CC2O[C@@H]2O[C@H](CO)[C@@H](O)[C@H](O)[C@H]2O[C@@H]2O[C@H](COC(=O)C=CC3CCC(O)C(O)C3)[C@@H](O)[C@H](O)[C@H]2O)CCC1O. The molecule has 4 aliphatic carbocycles. The molecule has 0 amide bonds. The van der Waals surface area contributed by atoms with Gasteiger partial charge in [0.15, 0.2) is 18.9 Å². The molecule has 4 saturated carbocycles. The molecular weight excluding hydrogens is 1060 g/mol. The molecule has 79 heavy (non-hydrogen) atoms. The van der Waals surface area contributed by atoms with Crippen molar-refractivity contribution in [2.75, 3.05) is 26.9 Å². The molecule has 0 aromatic carbocycles. The lowest BCUT2D eigenvalue weighted by Gasteiger charge is -2.53. The number of carbonyl (C=O) groups excluding carboxylic acids is 2. The summed E-state index contributed by atoms with van der Waals surface area (Å²) < 4.78 is 60.1. The van der Waals surface area contributed by atoms with E-state index >= 15 is 0 Å². The highest BCUT2D eigenvalue weighted by Crippen LogP contribution is 2.46. The van der Waals surface area contributed by atoms with E-state index in [0.29, 0.717) is 38.5 Å². The van der Waals surface area contributed by atoms with E-state index in [4.69, 9.17) is 47.4 Å². The number of aliphatic hydroxyl groups is 15. The maximum Gasteiger partial charge on any atom is 0.330 e. The Balaban J connectivity index is 0.983. The van der Waals surface area contributed by atoms with Gasteiger partial charge in [0.1, 0.15) is 86.5 Å². The third kappa shape index (κ3) is 15.1. The van der Waals surface area contributed by atoms with Crippen LogP contribution in [-0.4, -0.2) is 275 Å². The second kappa shape index (κ2) is 27.9. The number of hydrogen-bond donors (Lipinski definition) is 15. The molecule has 30 atom stereocenters. The first-order valence-corrected chi connectivity index (χ1v) is 27.6. The van der Waals surface area contributed by atoms with E-state index in [1.54, 1.807) is 6.08 Å². The van der Waals surface area contributed by atoms with Crippen LogP contribution in [0.15, 0.2) is 24.3 Å². The zero-order valence-electron chi connectivity index (χ0n) is 43.8. The predicted octanol–water partition coefficient (Wildman–Crippen LogP) is -5.46. The van der Waals surface area contributed by atoms with Gasteiger partial charge < -0.3 is 124 Å². The van der Waals surface area contributed by atoms with Crippen molar-refractivity contribution in [3.63, 3.8) is 0 Å². The van der Waals surface area contributed by atoms with Crippen molar-refractivity contribution < 1.29 is 134 Å². The van der Waals surface area contributed by atoms with Gasteiger partial charge >= 0.3 is 11.9 Å². The van der Waals surface area contributed by atoms with Crippen LogP contribution in [0.2, 0.25) is 0 Å². The van der Waals surface area contributed by atoms with Gasteiger partial charge in [0.25, 0.3) is 0 Å². The third-order valence-electron chi connectivity index (χ3n) is 17.2. The minimum atomic E-state index is -2.02. The fourth-order valence-electron chi connectivity index (χ4n) is 12.4. The van der Waals surface area contributed by atoms with E-state index in [1.165, 1.54) is 13.2 Å². The molecular formula is C52H82O27. The van der Waals surface area contributed by atoms with Crippen LogP contribution in [0.3, 0.4) is 0 Å². The number of methoxy groups -OCH3 is 1. The first-order valence-electron chi connectivity index (χ1n) is 27.6. The Morgan fingerprint density at radius 3 is 1.51 bits per heavy atom. The maximum atomic E-state index is 12.8. The van der Waals surface area contributed by atoms with Gasteiger partial charge in [-0.05, 0) is 88.4 Å². The van der Waals surface area contributed by atoms with Crippen molar-refractivity contribution >= 4 is 11.9 Å². The normalized spacial score (nSPS) is 49.1. The predicted molar refractivity (Wildman–Crippen MR) is 261 cm³/mol. The van der Waals surface area contributed by atoms with E-state index in [-0.39, 0.29) is 50.4 Å². The van der Waals surface area contributed by atoms with Crippen molar-refractivity contribution in [1.82, 2.24) is 0 Å². The first kappa shape index (κ1) is 62.5. The molecule has 4 aliphatic heterocycles. The zero-order chi connectivity index (χ0) is 57.0. The highest BCUT2D eigenvalue weighted by Gasteiger charge is 2.56. The molecule has 8 aliphatic rings. The van der Waals surface area contributed by atoms with Gasteiger partial charge in [-0.1, -0.05) is 12.2 Å². The fraction of sp³-hybridized carbons (Fsp3) is 0.885. The largest absolute Gasteiger partial charge is 0.460 e. The van der Waals surface area contributed by atoms with Crippen molar-refractivity contribution in [2.45, 2.75) is 236 Å². The van der Waals surface area contributed by atoms with Gasteiger partial charge in [-0.3, -0.25) is 0 Å². The Morgan fingerprint density at radius 2 is 0.975 bits per heavy atom. The molecule has 4 heterocycles. The number of allylic oxidation sites excluding steroid dienone is 2. The molecule has 8 rings (SSSR count). The average molecular weight is 1140 g/mol. The molecule has 15 N–H and O–H groups in total. The molecule has 15 unspecified atom stereocenters. The molecule has 0 spiro atoms. The van der Waals surface area contributed by atoms with Gasteiger partial charge in [-0.2, -0.15) is 0 Å². The molecule has 8 fully saturated rings. The zero-order valence-corrected chi connectivity index (χ0v) is 43.8. The average Bonchev–Trinajstić information content (AvgIpc) is 3.45. The van der Waals surface area contributed by atoms with E-state index in [2.05, 4.69) is 0 Å². The van der Waals surface area contributed by atoms with E-state index in [0.717, 1.165) is 12.2 Å². The Morgan fingerprint density at radius 1 is 0.468 bits per heavy atom. The van der Waals surface area contributed by atoms with Crippen LogP contribution in [0.1, 0.15) is 77.0 Å². The summed E-state index contributed by atoms with van der Waals surface area (Å²) in [5.41, 5.74) is 0. The fourth-order valence-corrected chi connectivity index (χ4v) is 12.4. The van der Waals surface area contributed by atoms with Crippen LogP contribution >= 0.6 is 0 Å². The molecule has 0 aromatic heterocycles. The maximum absolute atomic E-state index is 12.8. The number of rotatable bonds is 17. The van der Waals surface area contributed by atoms with Crippen LogP contribution in [0, 0.1) is 23.7 Å². The van der Waals surface area contributed by atoms with Crippen LogP contribution in [0.4, 0.5) is 0 Å². The molecule has 27 nitrogen and oxygen atoms in total. The number of aliphatic hydroxyl groups excluding tert-OH is 15. The standard InChI is InChI=1S/C52H82O27/c1-70-33-14-23(6-9-28(33)57)48-34(17-25-31(73-48)15-24(54)16-32(25)74-50-46(68)43(65)41(63)36(77-50)19-71-38(60)10-4-21-2-7-26(55)29(58)12-21)75-52-49(45(67)40(62)35(18-53)76-52)79-51-47(69)44(66)42(64)37(78-51)20-72-39(61)11-5-22-3-8-27(56)30(59)13-22/h4-5,10-11,21-37,40-59,62-69H,2-3,6-9,12-20H2,1H3/t21?,22?,23?,24?,25?,26?,27?,28?,29?,30?,31?,32?,33?,34?,35-,36-,37-,40-,41-,42-,43+,44+,45+,46-,47-,48?,49-,50-,51+,52-/m1/s1. The van der Waals surface area contributed by atoms with Crippen LogP contribution in [-0.2, 0) is 57.0 Å². The third-order valence-corrected chi connectivity index (χ3v) is 17.2. The summed E-state index contributed by atoms with van der Waals surface area (Å²) in [6, 6.07) is 0. The molecule has 0 bridgehead atoms. The lowest BCUT2D eigenvalue weighted by Crippen LogP contribution is -2.66. The Bertz CT molecular complexity index is 2000. The van der Waals surface area contributed by atoms with Gasteiger partial charge in [0.05, 0.1) is 73.8 Å². The van der Waals surface area contributed by atoms with Crippen molar-refractivity contribution in [3.05, 3.63) is 24.3 Å². The summed E-state index contributed by atoms with van der Waals surface area (Å²) in [7, 11) is 1.45. The van der Waals surface area contributed by atoms with Gasteiger partial charge in [-0.25, -0.2) is 9.59 Å². The van der Waals surface area contributed by atoms with Gasteiger partial charge in [0.2, 0.25) is 0 Å². The molecule has 27 heteroatoms. The van der Waals surface area contributed by atoms with Gasteiger partial charge in [-0.15, -0.1) is 0 Å². The first-order chi connectivity index (χ1) is 37.6. The van der Waals surface area contributed by atoms with Gasteiger partial charge in [0, 0.05) is 31.6 Å². The minimum Gasteiger partial charge on any atom is -0.460 e. The number of fused-ring (bicyclic) bond motifs is 1. The lowest BCUT2D eigenvalue weighted by molar-refractivity contribution is -0.380. The Kier molecular flexibility index (Phi) is 22.1. The van der Waals surface area contributed by atoms with Crippen LogP contribution in [0.25, 0.3) is 0 Å². The van der Waals surface area contributed by atoms with E-state index in [1.807, 2.05) is 0 Å². The Hall–Kier alpha value is -2.50. The quantitative estimate of drug-likeness (QED) is 0.0477. The monoisotopic (exact) mass is 1140 g/mol. The van der Waals surface area contributed by atoms with E-state index < -0.39 is 203 Å². The summed E-state index contributed by atoms with van der Waals surface area (Å²) >= 11 is 0. The number of esters is 2. The highest BCUT2D eigenvalue weighted by molar-refractivity contribution is 5.82. The smallest absolute Gasteiger partial charge is 0.330 e. The summed E-state index contributed by atoms with van der Waals surface area (Å²) in [5.74, 6) is -3.25. The number of carbonyl (C=O) groups is 2. The number of hydrogen-bond acceptors (Lipinski definition) is 27. The molecule has 452 valence electrons. The van der Waals surface area contributed by atoms with Crippen LogP contribution in [0.5, 0.6) is 0 Å². The summed E-state index contributed by atoms with van der Waals surface area (Å²) in [4.78, 5) is 25.5. The summed E-state index contributed by atoms with van der Waals surface area (Å²) in [5, 5.41) is 161. The second-order valence-electron chi connectivity index (χ2n) is 22.7. The lowest BCUT2D eigenvalue weighted by atomic mass is 9.72. The molecule has 0 aromatic rings. The Labute approximate surface area is 455 Å². The molecule has 4 saturated heterocycles. The second-order valence-corrected chi connectivity index (χ2v) is 22.7. The van der Waals surface area contributed by atoms with Crippen molar-refractivity contribution in [3.8, 4) is 0 Å². The van der Waals surface area contributed by atoms with Crippen molar-refractivity contribution in [2.24, 2.45) is 23.7 Å². The number of ether oxygens (including phenoxy) is 10. The molecule has 0 radical (unpaired) electrons. The van der Waals surface area contributed by atoms with Crippen molar-refractivity contribution in [1.29, 1.82) is 0 Å².